The lowest BCUT2D eigenvalue weighted by Gasteiger charge is -2.14. The molecule has 2 atom stereocenters. The molecule has 1 aromatic rings. The van der Waals surface area contributed by atoms with Gasteiger partial charge in [0.1, 0.15) is 0 Å². The van der Waals surface area contributed by atoms with Gasteiger partial charge < -0.3 is 10.1 Å². The summed E-state index contributed by atoms with van der Waals surface area (Å²) in [5.41, 5.74) is 3.35. The van der Waals surface area contributed by atoms with E-state index in [1.807, 2.05) is 0 Å². The first-order valence-electron chi connectivity index (χ1n) is 7.85. The van der Waals surface area contributed by atoms with Gasteiger partial charge in [-0.25, -0.2) is 0 Å². The molecule has 2 rings (SSSR count). The zero-order valence-corrected chi connectivity index (χ0v) is 13.4. The summed E-state index contributed by atoms with van der Waals surface area (Å²) in [5, 5.41) is 3.49. The van der Waals surface area contributed by atoms with Crippen LogP contribution in [0.5, 0.6) is 0 Å². The van der Waals surface area contributed by atoms with E-state index in [1.165, 1.54) is 24.0 Å². The molecule has 1 aromatic carbocycles. The molecule has 20 heavy (non-hydrogen) atoms. The molecule has 0 amide bonds. The van der Waals surface area contributed by atoms with Gasteiger partial charge in [0.05, 0.1) is 6.61 Å². The van der Waals surface area contributed by atoms with E-state index in [0.29, 0.717) is 5.41 Å². The highest BCUT2D eigenvalue weighted by Gasteiger charge is 2.50. The predicted molar refractivity (Wildman–Crippen MR) is 85.2 cm³/mol. The van der Waals surface area contributed by atoms with Gasteiger partial charge in [-0.2, -0.15) is 0 Å². The zero-order chi connectivity index (χ0) is 14.6. The van der Waals surface area contributed by atoms with E-state index >= 15 is 0 Å². The van der Waals surface area contributed by atoms with Crippen molar-refractivity contribution < 1.29 is 4.74 Å². The number of nitrogens with one attached hydrogen (secondary N) is 1. The molecule has 0 spiro atoms. The van der Waals surface area contributed by atoms with Crippen LogP contribution in [0.2, 0.25) is 0 Å². The monoisotopic (exact) mass is 275 g/mol. The van der Waals surface area contributed by atoms with Crippen molar-refractivity contribution in [2.45, 2.75) is 39.0 Å². The topological polar surface area (TPSA) is 21.3 Å². The first kappa shape index (κ1) is 15.5. The highest BCUT2D eigenvalue weighted by atomic mass is 16.5. The fourth-order valence-electron chi connectivity index (χ4n) is 3.05. The second kappa shape index (κ2) is 6.73. The Morgan fingerprint density at radius 3 is 2.60 bits per heavy atom. The van der Waals surface area contributed by atoms with Gasteiger partial charge in [-0.3, -0.25) is 0 Å². The number of hydrogen-bond donors (Lipinski definition) is 1. The quantitative estimate of drug-likeness (QED) is 0.734. The van der Waals surface area contributed by atoms with Crippen LogP contribution in [-0.4, -0.2) is 26.8 Å². The van der Waals surface area contributed by atoms with Crippen molar-refractivity contribution in [1.82, 2.24) is 5.32 Å². The molecule has 1 saturated carbocycles. The van der Waals surface area contributed by atoms with E-state index in [1.54, 1.807) is 7.11 Å². The summed E-state index contributed by atoms with van der Waals surface area (Å²) in [7, 11) is 1.75. The Balaban J connectivity index is 1.85. The van der Waals surface area contributed by atoms with Crippen LogP contribution in [0.15, 0.2) is 24.3 Å². The van der Waals surface area contributed by atoms with Gasteiger partial charge in [0.25, 0.3) is 0 Å². The average Bonchev–Trinajstić information content (AvgIpc) is 3.07. The van der Waals surface area contributed by atoms with Gasteiger partial charge in [-0.15, -0.1) is 0 Å². The summed E-state index contributed by atoms with van der Waals surface area (Å²) in [6, 6.07) is 9.31. The smallest absolute Gasteiger partial charge is 0.0587 e. The molecule has 2 heteroatoms. The van der Waals surface area contributed by atoms with Crippen LogP contribution in [0, 0.1) is 11.8 Å². The maximum absolute atomic E-state index is 5.06. The first-order chi connectivity index (χ1) is 9.56. The van der Waals surface area contributed by atoms with Crippen LogP contribution < -0.4 is 5.32 Å². The van der Waals surface area contributed by atoms with Crippen molar-refractivity contribution >= 4 is 0 Å². The Labute approximate surface area is 123 Å². The molecule has 1 aliphatic carbocycles. The number of rotatable bonds is 8. The first-order valence-corrected chi connectivity index (χ1v) is 7.85. The fourth-order valence-corrected chi connectivity index (χ4v) is 3.05. The molecule has 0 aromatic heterocycles. The summed E-state index contributed by atoms with van der Waals surface area (Å²) in [6.45, 7) is 9.81. The zero-order valence-electron chi connectivity index (χ0n) is 13.4. The second-order valence-corrected chi connectivity index (χ2v) is 6.81. The third-order valence-corrected chi connectivity index (χ3v) is 4.54. The SMILES string of the molecule is COCCNCC1CC1(C)c1ccc(CC(C)C)cc1. The van der Waals surface area contributed by atoms with E-state index in [2.05, 4.69) is 50.4 Å². The number of ether oxygens (including phenoxy) is 1. The summed E-state index contributed by atoms with van der Waals surface area (Å²) in [5.74, 6) is 1.50. The Morgan fingerprint density at radius 2 is 2.00 bits per heavy atom. The van der Waals surface area contributed by atoms with E-state index in [0.717, 1.165) is 31.5 Å². The highest BCUT2D eigenvalue weighted by Crippen LogP contribution is 2.53. The lowest BCUT2D eigenvalue weighted by atomic mass is 9.93. The van der Waals surface area contributed by atoms with E-state index in [4.69, 9.17) is 4.74 Å². The molecule has 2 unspecified atom stereocenters. The third kappa shape index (κ3) is 3.83. The molecule has 1 N–H and O–H groups in total. The average molecular weight is 275 g/mol. The van der Waals surface area contributed by atoms with Crippen molar-refractivity contribution in [3.63, 3.8) is 0 Å². The van der Waals surface area contributed by atoms with Gasteiger partial charge in [-0.1, -0.05) is 45.0 Å². The van der Waals surface area contributed by atoms with E-state index in [-0.39, 0.29) is 0 Å². The maximum atomic E-state index is 5.06. The van der Waals surface area contributed by atoms with E-state index in [9.17, 15) is 0 Å². The molecule has 0 heterocycles. The Bertz CT molecular complexity index is 412. The van der Waals surface area contributed by atoms with Crippen LogP contribution in [0.1, 0.15) is 38.3 Å². The molecule has 0 bridgehead atoms. The Morgan fingerprint density at radius 1 is 1.30 bits per heavy atom. The van der Waals surface area contributed by atoms with Gasteiger partial charge in [0.2, 0.25) is 0 Å². The minimum Gasteiger partial charge on any atom is -0.383 e. The summed E-state index contributed by atoms with van der Waals surface area (Å²) in [6.07, 6.45) is 2.48. The van der Waals surface area contributed by atoms with Crippen molar-refractivity contribution in [3.05, 3.63) is 35.4 Å². The number of benzene rings is 1. The van der Waals surface area contributed by atoms with Crippen LogP contribution >= 0.6 is 0 Å². The molecule has 2 nitrogen and oxygen atoms in total. The molecular weight excluding hydrogens is 246 g/mol. The van der Waals surface area contributed by atoms with Crippen LogP contribution in [0.4, 0.5) is 0 Å². The molecule has 1 aliphatic rings. The van der Waals surface area contributed by atoms with Gasteiger partial charge in [0, 0.05) is 13.7 Å². The lowest BCUT2D eigenvalue weighted by Crippen LogP contribution is -2.23. The number of methoxy groups -OCH3 is 1. The van der Waals surface area contributed by atoms with Gasteiger partial charge >= 0.3 is 0 Å². The largest absolute Gasteiger partial charge is 0.383 e. The molecule has 0 radical (unpaired) electrons. The Kier molecular flexibility index (Phi) is 5.22. The van der Waals surface area contributed by atoms with Crippen LogP contribution in [0.25, 0.3) is 0 Å². The second-order valence-electron chi connectivity index (χ2n) is 6.81. The number of hydrogen-bond acceptors (Lipinski definition) is 2. The van der Waals surface area contributed by atoms with E-state index < -0.39 is 0 Å². The summed E-state index contributed by atoms with van der Waals surface area (Å²) in [4.78, 5) is 0. The van der Waals surface area contributed by atoms with Crippen molar-refractivity contribution in [2.75, 3.05) is 26.8 Å². The lowest BCUT2D eigenvalue weighted by molar-refractivity contribution is 0.199. The summed E-state index contributed by atoms with van der Waals surface area (Å²) >= 11 is 0. The standard InChI is InChI=1S/C18H29NO/c1-14(2)11-15-5-7-16(8-6-15)18(3)12-17(18)13-19-9-10-20-4/h5-8,14,17,19H,9-13H2,1-4H3. The van der Waals surface area contributed by atoms with Crippen molar-refractivity contribution in [2.24, 2.45) is 11.8 Å². The maximum Gasteiger partial charge on any atom is 0.0587 e. The van der Waals surface area contributed by atoms with Crippen LogP contribution in [0.3, 0.4) is 0 Å². The fraction of sp³-hybridized carbons (Fsp3) is 0.667. The third-order valence-electron chi connectivity index (χ3n) is 4.54. The molecule has 112 valence electrons. The van der Waals surface area contributed by atoms with Gasteiger partial charge in [0.15, 0.2) is 0 Å². The molecule has 1 fully saturated rings. The highest BCUT2D eigenvalue weighted by molar-refractivity contribution is 5.35. The van der Waals surface area contributed by atoms with Crippen molar-refractivity contribution in [1.29, 1.82) is 0 Å². The Hall–Kier alpha value is -0.860. The normalized spacial score (nSPS) is 25.1. The molecule has 0 saturated heterocycles. The minimum absolute atomic E-state index is 0.385. The molecular formula is C18H29NO. The van der Waals surface area contributed by atoms with Crippen LogP contribution in [-0.2, 0) is 16.6 Å². The summed E-state index contributed by atoms with van der Waals surface area (Å²) < 4.78 is 5.06. The molecule has 0 aliphatic heterocycles. The van der Waals surface area contributed by atoms with Crippen molar-refractivity contribution in [3.8, 4) is 0 Å². The predicted octanol–water partition coefficient (Wildman–Crippen LogP) is 3.40. The minimum atomic E-state index is 0.385. The van der Waals surface area contributed by atoms with Gasteiger partial charge in [-0.05, 0) is 47.8 Å².